The van der Waals surface area contributed by atoms with Crippen molar-refractivity contribution in [3.8, 4) is 0 Å². The number of nitrogen functional groups attached to an aromatic ring is 1. The number of hydrogen-bond donors (Lipinski definition) is 2. The van der Waals surface area contributed by atoms with Gasteiger partial charge < -0.3 is 16.0 Å². The van der Waals surface area contributed by atoms with Crippen molar-refractivity contribution in [2.75, 3.05) is 31.7 Å². The minimum Gasteiger partial charge on any atom is -0.394 e. The summed E-state index contributed by atoms with van der Waals surface area (Å²) < 4.78 is 0. The molecule has 1 amide bonds. The van der Waals surface area contributed by atoms with Gasteiger partial charge in [-0.25, -0.2) is 4.98 Å². The van der Waals surface area contributed by atoms with Gasteiger partial charge in [-0.15, -0.1) is 0 Å². The van der Waals surface area contributed by atoms with E-state index in [1.807, 2.05) is 0 Å². The molecule has 0 aromatic carbocycles. The summed E-state index contributed by atoms with van der Waals surface area (Å²) in [5.74, 6) is 0.484. The number of carbonyl (C=O) groups excluding carboxylic acids is 1. The minimum atomic E-state index is 0.0335. The molecule has 0 atom stereocenters. The Morgan fingerprint density at radius 2 is 2.31 bits per heavy atom. The first-order valence-electron chi connectivity index (χ1n) is 4.72. The summed E-state index contributed by atoms with van der Waals surface area (Å²) in [7, 11) is 3.41. The Hall–Kier alpha value is -1.56. The van der Waals surface area contributed by atoms with Gasteiger partial charge in [-0.3, -0.25) is 4.79 Å². The monoisotopic (exact) mass is 243 g/mol. The predicted octanol–water partition coefficient (Wildman–Crippen LogP) is 0.602. The molecule has 1 rings (SSSR count). The van der Waals surface area contributed by atoms with Gasteiger partial charge in [0, 0.05) is 27.1 Å². The number of nitrogens with one attached hydrogen (secondary N) is 1. The molecule has 0 spiro atoms. The van der Waals surface area contributed by atoms with E-state index >= 15 is 0 Å². The van der Waals surface area contributed by atoms with Crippen molar-refractivity contribution in [1.82, 2.24) is 14.9 Å². The molecule has 0 aliphatic heterocycles. The Labute approximate surface area is 98.8 Å². The van der Waals surface area contributed by atoms with Crippen LogP contribution in [0.15, 0.2) is 6.20 Å². The van der Waals surface area contributed by atoms with E-state index in [-0.39, 0.29) is 11.2 Å². The summed E-state index contributed by atoms with van der Waals surface area (Å²) in [5.41, 5.74) is 6.03. The third-order valence-electron chi connectivity index (χ3n) is 1.92. The van der Waals surface area contributed by atoms with Crippen LogP contribution >= 0.6 is 11.6 Å². The SMILES string of the molecule is CN(C)C(=O)CCNc1nc(Cl)ncc1N. The molecule has 16 heavy (non-hydrogen) atoms. The summed E-state index contributed by atoms with van der Waals surface area (Å²) in [6.07, 6.45) is 1.79. The molecule has 1 aromatic heterocycles. The maximum Gasteiger partial charge on any atom is 0.224 e. The smallest absolute Gasteiger partial charge is 0.224 e. The van der Waals surface area contributed by atoms with Gasteiger partial charge in [0.1, 0.15) is 0 Å². The predicted molar refractivity (Wildman–Crippen MR) is 63.3 cm³/mol. The molecule has 1 aromatic rings. The van der Waals surface area contributed by atoms with Gasteiger partial charge in [0.25, 0.3) is 0 Å². The Balaban J connectivity index is 2.49. The third-order valence-corrected chi connectivity index (χ3v) is 2.10. The Kier molecular flexibility index (Phi) is 4.30. The van der Waals surface area contributed by atoms with Crippen molar-refractivity contribution in [3.63, 3.8) is 0 Å². The van der Waals surface area contributed by atoms with Gasteiger partial charge >= 0.3 is 0 Å². The fourth-order valence-electron chi connectivity index (χ4n) is 1.02. The lowest BCUT2D eigenvalue weighted by Gasteiger charge is -2.11. The Morgan fingerprint density at radius 1 is 1.62 bits per heavy atom. The van der Waals surface area contributed by atoms with Crippen molar-refractivity contribution >= 4 is 29.0 Å². The van der Waals surface area contributed by atoms with Crippen LogP contribution in [0.25, 0.3) is 0 Å². The zero-order valence-electron chi connectivity index (χ0n) is 9.20. The highest BCUT2D eigenvalue weighted by Gasteiger charge is 2.05. The van der Waals surface area contributed by atoms with Gasteiger partial charge in [-0.1, -0.05) is 0 Å². The topological polar surface area (TPSA) is 84.1 Å². The highest BCUT2D eigenvalue weighted by Crippen LogP contribution is 2.15. The van der Waals surface area contributed by atoms with E-state index in [2.05, 4.69) is 15.3 Å². The number of aromatic nitrogens is 2. The zero-order chi connectivity index (χ0) is 12.1. The zero-order valence-corrected chi connectivity index (χ0v) is 9.95. The molecular formula is C9H14ClN5O. The van der Waals surface area contributed by atoms with Crippen LogP contribution in [0.4, 0.5) is 11.5 Å². The number of halogens is 1. The van der Waals surface area contributed by atoms with Gasteiger partial charge in [-0.05, 0) is 11.6 Å². The number of amides is 1. The van der Waals surface area contributed by atoms with E-state index in [4.69, 9.17) is 17.3 Å². The summed E-state index contributed by atoms with van der Waals surface area (Å²) in [4.78, 5) is 20.4. The van der Waals surface area contributed by atoms with Crippen molar-refractivity contribution in [3.05, 3.63) is 11.5 Å². The summed E-state index contributed by atoms with van der Waals surface area (Å²) in [5, 5.41) is 3.05. The number of rotatable bonds is 4. The van der Waals surface area contributed by atoms with E-state index in [0.29, 0.717) is 24.5 Å². The quantitative estimate of drug-likeness (QED) is 0.757. The van der Waals surface area contributed by atoms with Crippen LogP contribution in [0.3, 0.4) is 0 Å². The molecule has 3 N–H and O–H groups in total. The summed E-state index contributed by atoms with van der Waals surface area (Å²) >= 11 is 5.62. The van der Waals surface area contributed by atoms with Crippen LogP contribution in [0, 0.1) is 0 Å². The second-order valence-electron chi connectivity index (χ2n) is 3.41. The van der Waals surface area contributed by atoms with Crippen LogP contribution in [0.5, 0.6) is 0 Å². The number of nitrogens with two attached hydrogens (primary N) is 1. The first-order chi connectivity index (χ1) is 7.50. The highest BCUT2D eigenvalue weighted by atomic mass is 35.5. The van der Waals surface area contributed by atoms with E-state index in [0.717, 1.165) is 0 Å². The lowest BCUT2D eigenvalue weighted by Crippen LogP contribution is -2.24. The molecule has 6 nitrogen and oxygen atoms in total. The second-order valence-corrected chi connectivity index (χ2v) is 3.75. The fraction of sp³-hybridized carbons (Fsp3) is 0.444. The molecule has 0 fully saturated rings. The first-order valence-corrected chi connectivity index (χ1v) is 5.10. The molecule has 0 bridgehead atoms. The van der Waals surface area contributed by atoms with Crippen LogP contribution in [-0.2, 0) is 4.79 Å². The van der Waals surface area contributed by atoms with Crippen LogP contribution in [0.1, 0.15) is 6.42 Å². The molecule has 1 heterocycles. The molecule has 0 radical (unpaired) electrons. The molecule has 7 heteroatoms. The van der Waals surface area contributed by atoms with Crippen molar-refractivity contribution in [1.29, 1.82) is 0 Å². The van der Waals surface area contributed by atoms with E-state index in [1.165, 1.54) is 11.1 Å². The van der Waals surface area contributed by atoms with Crippen molar-refractivity contribution in [2.24, 2.45) is 0 Å². The summed E-state index contributed by atoms with van der Waals surface area (Å²) in [6, 6.07) is 0. The Bertz CT molecular complexity index is 382. The number of carbonyl (C=O) groups is 1. The van der Waals surface area contributed by atoms with Gasteiger partial charge in [0.05, 0.1) is 11.9 Å². The second kappa shape index (κ2) is 5.50. The van der Waals surface area contributed by atoms with E-state index < -0.39 is 0 Å². The van der Waals surface area contributed by atoms with Gasteiger partial charge in [0.15, 0.2) is 5.82 Å². The van der Waals surface area contributed by atoms with Gasteiger partial charge in [-0.2, -0.15) is 4.98 Å². The number of anilines is 2. The van der Waals surface area contributed by atoms with Gasteiger partial charge in [0.2, 0.25) is 11.2 Å². The highest BCUT2D eigenvalue weighted by molar-refractivity contribution is 6.28. The van der Waals surface area contributed by atoms with E-state index in [1.54, 1.807) is 14.1 Å². The molecule has 88 valence electrons. The molecule has 0 aliphatic rings. The fourth-order valence-corrected chi connectivity index (χ4v) is 1.16. The molecule has 0 aliphatic carbocycles. The van der Waals surface area contributed by atoms with Crippen LogP contribution in [0.2, 0.25) is 5.28 Å². The molecule has 0 saturated heterocycles. The third kappa shape index (κ3) is 3.54. The number of nitrogens with zero attached hydrogens (tertiary/aromatic N) is 3. The van der Waals surface area contributed by atoms with E-state index in [9.17, 15) is 4.79 Å². The normalized spacial score (nSPS) is 9.94. The standard InChI is InChI=1S/C9H14ClN5O/c1-15(2)7(16)3-4-12-8-6(11)5-13-9(10)14-8/h5H,3-4,11H2,1-2H3,(H,12,13,14). The lowest BCUT2D eigenvalue weighted by molar-refractivity contribution is -0.128. The lowest BCUT2D eigenvalue weighted by atomic mass is 10.3. The molecule has 0 saturated carbocycles. The summed E-state index contributed by atoms with van der Waals surface area (Å²) in [6.45, 7) is 0.453. The van der Waals surface area contributed by atoms with Crippen LogP contribution in [-0.4, -0.2) is 41.4 Å². The van der Waals surface area contributed by atoms with Crippen molar-refractivity contribution < 1.29 is 4.79 Å². The molecule has 0 unspecified atom stereocenters. The maximum atomic E-state index is 11.3. The number of hydrogen-bond acceptors (Lipinski definition) is 5. The maximum absolute atomic E-state index is 11.3. The van der Waals surface area contributed by atoms with Crippen LogP contribution < -0.4 is 11.1 Å². The van der Waals surface area contributed by atoms with Crippen molar-refractivity contribution in [2.45, 2.75) is 6.42 Å². The molecular weight excluding hydrogens is 230 g/mol. The average molecular weight is 244 g/mol. The average Bonchev–Trinajstić information content (AvgIpc) is 2.22. The minimum absolute atomic E-state index is 0.0335. The first kappa shape index (κ1) is 12.5. The Morgan fingerprint density at radius 3 is 2.94 bits per heavy atom. The largest absolute Gasteiger partial charge is 0.394 e.